The van der Waals surface area contributed by atoms with Crippen molar-refractivity contribution < 1.29 is 9.13 Å². The van der Waals surface area contributed by atoms with E-state index >= 15 is 0 Å². The van der Waals surface area contributed by atoms with Crippen LogP contribution in [0.1, 0.15) is 17.7 Å². The lowest BCUT2D eigenvalue weighted by Gasteiger charge is -2.04. The number of rotatable bonds is 9. The maximum Gasteiger partial charge on any atom is 0.124 e. The van der Waals surface area contributed by atoms with Crippen molar-refractivity contribution in [2.24, 2.45) is 0 Å². The fourth-order valence-corrected chi connectivity index (χ4v) is 2.97. The summed E-state index contributed by atoms with van der Waals surface area (Å²) < 4.78 is 18.3. The number of hydrogen-bond acceptors (Lipinski definition) is 4. The summed E-state index contributed by atoms with van der Waals surface area (Å²) in [6, 6.07) is 14.3. The summed E-state index contributed by atoms with van der Waals surface area (Å²) in [7, 11) is 1.69. The summed E-state index contributed by atoms with van der Waals surface area (Å²) in [6.07, 6.45) is 0.927. The Hall–Kier alpha value is -2.28. The zero-order chi connectivity index (χ0) is 19.1. The van der Waals surface area contributed by atoms with E-state index in [1.807, 2.05) is 30.3 Å². The van der Waals surface area contributed by atoms with E-state index in [1.165, 1.54) is 12.1 Å². The van der Waals surface area contributed by atoms with Gasteiger partial charge < -0.3 is 10.1 Å². The summed E-state index contributed by atoms with van der Waals surface area (Å²) in [6.45, 7) is 2.53. The molecule has 0 unspecified atom stereocenters. The number of nitrogens with one attached hydrogen (secondary N) is 1. The van der Waals surface area contributed by atoms with Gasteiger partial charge in [0.05, 0.1) is 6.54 Å². The first-order valence-corrected chi connectivity index (χ1v) is 9.18. The van der Waals surface area contributed by atoms with E-state index in [2.05, 4.69) is 15.5 Å². The zero-order valence-corrected chi connectivity index (χ0v) is 15.9. The third-order valence-corrected chi connectivity index (χ3v) is 4.45. The Morgan fingerprint density at radius 3 is 2.70 bits per heavy atom. The molecule has 27 heavy (non-hydrogen) atoms. The Morgan fingerprint density at radius 2 is 1.96 bits per heavy atom. The second-order valence-electron chi connectivity index (χ2n) is 6.15. The van der Waals surface area contributed by atoms with Crippen LogP contribution < -0.4 is 5.32 Å². The molecule has 1 heterocycles. The Balaban J connectivity index is 1.80. The minimum absolute atomic E-state index is 0.358. The molecule has 0 atom stereocenters. The van der Waals surface area contributed by atoms with Crippen LogP contribution in [0.25, 0.3) is 11.3 Å². The molecule has 7 heteroatoms. The molecule has 0 saturated carbocycles. The lowest BCUT2D eigenvalue weighted by molar-refractivity contribution is 0.194. The van der Waals surface area contributed by atoms with E-state index in [9.17, 15) is 4.39 Å². The fourth-order valence-electron chi connectivity index (χ4n) is 2.74. The first-order valence-electron chi connectivity index (χ1n) is 8.80. The van der Waals surface area contributed by atoms with E-state index in [1.54, 1.807) is 18.0 Å². The lowest BCUT2D eigenvalue weighted by Crippen LogP contribution is -2.17. The number of nitrogens with zero attached hydrogens (tertiary/aromatic N) is 3. The normalized spacial score (nSPS) is 11.1. The van der Waals surface area contributed by atoms with Crippen molar-refractivity contribution in [2.75, 3.05) is 20.3 Å². The van der Waals surface area contributed by atoms with Crippen LogP contribution in [0.3, 0.4) is 0 Å². The smallest absolute Gasteiger partial charge is 0.124 e. The van der Waals surface area contributed by atoms with Crippen LogP contribution in [-0.4, -0.2) is 35.3 Å². The summed E-state index contributed by atoms with van der Waals surface area (Å²) in [5.74, 6) is -0.358. The standard InChI is InChI=1S/C20H22ClFN4O/c1-27-11-5-10-23-13-19-20(15-6-3-2-4-7-15)25-26(24-19)14-16-8-9-17(22)12-18(16)21/h2-4,6-9,12,23H,5,10-11,13-14H2,1H3. The van der Waals surface area contributed by atoms with Crippen LogP contribution in [0.15, 0.2) is 48.5 Å². The van der Waals surface area contributed by atoms with Gasteiger partial charge in [-0.3, -0.25) is 0 Å². The van der Waals surface area contributed by atoms with Gasteiger partial charge in [-0.15, -0.1) is 0 Å². The van der Waals surface area contributed by atoms with Gasteiger partial charge in [-0.05, 0) is 30.7 Å². The second kappa shape index (κ2) is 9.60. The van der Waals surface area contributed by atoms with Crippen molar-refractivity contribution in [3.8, 4) is 11.3 Å². The minimum Gasteiger partial charge on any atom is -0.385 e. The van der Waals surface area contributed by atoms with E-state index in [0.29, 0.717) is 24.7 Å². The quantitative estimate of drug-likeness (QED) is 0.564. The molecule has 2 aromatic carbocycles. The van der Waals surface area contributed by atoms with Gasteiger partial charge in [-0.25, -0.2) is 4.39 Å². The molecule has 0 aliphatic carbocycles. The third kappa shape index (κ3) is 5.35. The van der Waals surface area contributed by atoms with E-state index < -0.39 is 0 Å². The number of aromatic nitrogens is 3. The van der Waals surface area contributed by atoms with Crippen LogP contribution in [0.5, 0.6) is 0 Å². The van der Waals surface area contributed by atoms with Crippen molar-refractivity contribution in [1.82, 2.24) is 20.3 Å². The second-order valence-corrected chi connectivity index (χ2v) is 6.56. The first-order chi connectivity index (χ1) is 13.2. The number of halogens is 2. The van der Waals surface area contributed by atoms with Crippen molar-refractivity contribution >= 4 is 11.6 Å². The molecule has 0 fully saturated rings. The molecule has 0 saturated heterocycles. The summed E-state index contributed by atoms with van der Waals surface area (Å²) in [4.78, 5) is 1.60. The predicted molar refractivity (Wildman–Crippen MR) is 104 cm³/mol. The van der Waals surface area contributed by atoms with Crippen molar-refractivity contribution in [2.45, 2.75) is 19.5 Å². The van der Waals surface area contributed by atoms with Crippen molar-refractivity contribution in [1.29, 1.82) is 0 Å². The first kappa shape index (κ1) is 19.5. The Bertz CT molecular complexity index is 870. The molecule has 3 rings (SSSR count). The molecule has 0 amide bonds. The van der Waals surface area contributed by atoms with Crippen molar-refractivity contribution in [3.05, 3.63) is 70.6 Å². The Kier molecular flexibility index (Phi) is 6.92. The molecule has 1 N–H and O–H groups in total. The molecule has 0 aliphatic rings. The Morgan fingerprint density at radius 1 is 1.15 bits per heavy atom. The highest BCUT2D eigenvalue weighted by Crippen LogP contribution is 2.22. The molecular weight excluding hydrogens is 367 g/mol. The van der Waals surface area contributed by atoms with Crippen LogP contribution >= 0.6 is 11.6 Å². The van der Waals surface area contributed by atoms with Gasteiger partial charge in [-0.2, -0.15) is 15.0 Å². The molecule has 0 radical (unpaired) electrons. The largest absolute Gasteiger partial charge is 0.385 e. The van der Waals surface area contributed by atoms with E-state index in [0.717, 1.165) is 35.5 Å². The van der Waals surface area contributed by atoms with Gasteiger partial charge >= 0.3 is 0 Å². The van der Waals surface area contributed by atoms with E-state index in [-0.39, 0.29) is 5.82 Å². The van der Waals surface area contributed by atoms with Gasteiger partial charge in [-0.1, -0.05) is 48.0 Å². The van der Waals surface area contributed by atoms with E-state index in [4.69, 9.17) is 16.3 Å². The summed E-state index contributed by atoms with van der Waals surface area (Å²) in [5, 5.41) is 13.0. The molecule has 0 aliphatic heterocycles. The van der Waals surface area contributed by atoms with Crippen LogP contribution in [0.2, 0.25) is 5.02 Å². The van der Waals surface area contributed by atoms with Crippen LogP contribution in [0.4, 0.5) is 4.39 Å². The summed E-state index contributed by atoms with van der Waals surface area (Å²) in [5.41, 5.74) is 3.46. The highest BCUT2D eigenvalue weighted by Gasteiger charge is 2.14. The number of ether oxygens (including phenoxy) is 1. The average Bonchev–Trinajstić information content (AvgIpc) is 3.07. The van der Waals surface area contributed by atoms with Gasteiger partial charge in [0.2, 0.25) is 0 Å². The maximum atomic E-state index is 13.3. The molecule has 5 nitrogen and oxygen atoms in total. The van der Waals surface area contributed by atoms with Gasteiger partial charge in [0.15, 0.2) is 0 Å². The highest BCUT2D eigenvalue weighted by molar-refractivity contribution is 6.31. The number of benzene rings is 2. The number of methoxy groups -OCH3 is 1. The van der Waals surface area contributed by atoms with Crippen LogP contribution in [-0.2, 0) is 17.8 Å². The Labute approximate surface area is 163 Å². The van der Waals surface area contributed by atoms with Gasteiger partial charge in [0.1, 0.15) is 17.2 Å². The highest BCUT2D eigenvalue weighted by atomic mass is 35.5. The fraction of sp³-hybridized carbons (Fsp3) is 0.300. The minimum atomic E-state index is -0.358. The topological polar surface area (TPSA) is 52.0 Å². The maximum absolute atomic E-state index is 13.3. The molecule has 0 bridgehead atoms. The van der Waals surface area contributed by atoms with Gasteiger partial charge in [0.25, 0.3) is 0 Å². The number of hydrogen-bond donors (Lipinski definition) is 1. The average molecular weight is 389 g/mol. The predicted octanol–water partition coefficient (Wildman–Crippen LogP) is 3.91. The molecule has 1 aromatic heterocycles. The van der Waals surface area contributed by atoms with Crippen LogP contribution in [0, 0.1) is 5.82 Å². The SMILES string of the molecule is COCCCNCc1nn(Cc2ccc(F)cc2Cl)nc1-c1ccccc1. The molecule has 3 aromatic rings. The van der Waals surface area contributed by atoms with Crippen molar-refractivity contribution in [3.63, 3.8) is 0 Å². The lowest BCUT2D eigenvalue weighted by atomic mass is 10.1. The monoisotopic (exact) mass is 388 g/mol. The van der Waals surface area contributed by atoms with Gasteiger partial charge in [0, 0.05) is 30.8 Å². The molecular formula is C20H22ClFN4O. The summed E-state index contributed by atoms with van der Waals surface area (Å²) >= 11 is 6.14. The molecule has 0 spiro atoms. The third-order valence-electron chi connectivity index (χ3n) is 4.09. The zero-order valence-electron chi connectivity index (χ0n) is 15.2. The molecule has 142 valence electrons.